The maximum atomic E-state index is 5.34. The van der Waals surface area contributed by atoms with Crippen molar-refractivity contribution in [2.24, 2.45) is 5.41 Å². The van der Waals surface area contributed by atoms with E-state index in [1.165, 1.54) is 32.1 Å². The van der Waals surface area contributed by atoms with Gasteiger partial charge >= 0.3 is 12.0 Å². The Morgan fingerprint density at radius 1 is 1.33 bits per heavy atom. The van der Waals surface area contributed by atoms with Crippen molar-refractivity contribution in [1.29, 1.82) is 0 Å². The summed E-state index contributed by atoms with van der Waals surface area (Å²) in [5.41, 5.74) is 5.70. The first-order valence-electron chi connectivity index (χ1n) is 5.51. The number of rotatable bonds is 3. The largest absolute Gasteiger partial charge is 0.390 e. The van der Waals surface area contributed by atoms with Gasteiger partial charge in [0, 0.05) is 6.54 Å². The number of nitrogen functional groups attached to an aromatic ring is 1. The molecule has 1 heterocycles. The fraction of sp³-hybridized carbons (Fsp3) is 0.800. The Hall–Kier alpha value is -1.26. The minimum atomic E-state index is 0.117. The van der Waals surface area contributed by atoms with Gasteiger partial charge in [0.25, 0.3) is 0 Å². The molecule has 3 N–H and O–H groups in total. The van der Waals surface area contributed by atoms with E-state index < -0.39 is 0 Å². The highest BCUT2D eigenvalue weighted by Gasteiger charge is 2.26. The summed E-state index contributed by atoms with van der Waals surface area (Å²) >= 11 is 0. The maximum absolute atomic E-state index is 5.34. The van der Waals surface area contributed by atoms with Crippen LogP contribution in [0, 0.1) is 5.41 Å². The maximum Gasteiger partial charge on any atom is 0.316 e. The summed E-state index contributed by atoms with van der Waals surface area (Å²) in [6.07, 6.45) is 6.55. The summed E-state index contributed by atoms with van der Waals surface area (Å²) in [5, 5.41) is 10.5. The molecule has 5 heteroatoms. The van der Waals surface area contributed by atoms with Crippen molar-refractivity contribution in [2.75, 3.05) is 17.6 Å². The molecule has 1 saturated carbocycles. The number of aromatic nitrogens is 2. The van der Waals surface area contributed by atoms with Crippen molar-refractivity contribution in [2.45, 2.75) is 39.0 Å². The van der Waals surface area contributed by atoms with Crippen LogP contribution in [0.2, 0.25) is 0 Å². The summed E-state index contributed by atoms with van der Waals surface area (Å²) in [4.78, 5) is 0. The van der Waals surface area contributed by atoms with E-state index in [2.05, 4.69) is 22.4 Å². The van der Waals surface area contributed by atoms with Crippen molar-refractivity contribution in [3.8, 4) is 0 Å². The van der Waals surface area contributed by atoms with Gasteiger partial charge in [-0.3, -0.25) is 0 Å². The second-order valence-corrected chi connectivity index (χ2v) is 4.67. The van der Waals surface area contributed by atoms with Crippen LogP contribution in [0.25, 0.3) is 0 Å². The summed E-state index contributed by atoms with van der Waals surface area (Å²) in [6, 6.07) is 0.547. The average Bonchev–Trinajstić information content (AvgIpc) is 2.63. The highest BCUT2D eigenvalue weighted by Crippen LogP contribution is 2.35. The van der Waals surface area contributed by atoms with Crippen molar-refractivity contribution >= 4 is 12.0 Å². The van der Waals surface area contributed by atoms with Crippen molar-refractivity contribution in [3.63, 3.8) is 0 Å². The third kappa shape index (κ3) is 2.61. The quantitative estimate of drug-likeness (QED) is 0.798. The summed E-state index contributed by atoms with van der Waals surface area (Å²) in [7, 11) is 0. The Labute approximate surface area is 89.4 Å². The molecule has 1 aromatic rings. The molecule has 0 aliphatic heterocycles. The van der Waals surface area contributed by atoms with E-state index in [9.17, 15) is 0 Å². The van der Waals surface area contributed by atoms with E-state index in [1.54, 1.807) is 0 Å². The van der Waals surface area contributed by atoms with E-state index >= 15 is 0 Å². The fourth-order valence-electron chi connectivity index (χ4n) is 2.18. The average molecular weight is 210 g/mol. The summed E-state index contributed by atoms with van der Waals surface area (Å²) in [5.74, 6) is 0. The minimum Gasteiger partial charge on any atom is -0.390 e. The molecule has 84 valence electrons. The molecule has 0 atom stereocenters. The molecule has 15 heavy (non-hydrogen) atoms. The van der Waals surface area contributed by atoms with Crippen LogP contribution in [0.1, 0.15) is 39.0 Å². The Morgan fingerprint density at radius 2 is 2.07 bits per heavy atom. The van der Waals surface area contributed by atoms with Crippen LogP contribution in [-0.4, -0.2) is 16.7 Å². The number of anilines is 2. The van der Waals surface area contributed by atoms with E-state index in [-0.39, 0.29) is 6.01 Å². The lowest BCUT2D eigenvalue weighted by atomic mass is 9.76. The van der Waals surface area contributed by atoms with Crippen LogP contribution < -0.4 is 11.1 Å². The van der Waals surface area contributed by atoms with Gasteiger partial charge in [-0.15, -0.1) is 0 Å². The standard InChI is InChI=1S/C10H18N4O/c1-10(5-3-2-4-6-10)7-12-9-14-13-8(11)15-9/h2-7H2,1H3,(H2,11,13)(H,12,14). The van der Waals surface area contributed by atoms with Crippen molar-refractivity contribution in [1.82, 2.24) is 10.2 Å². The SMILES string of the molecule is CC1(CNc2nnc(N)o2)CCCCC1. The molecule has 5 nitrogen and oxygen atoms in total. The van der Waals surface area contributed by atoms with Gasteiger partial charge in [0.2, 0.25) is 0 Å². The van der Waals surface area contributed by atoms with Crippen LogP contribution in [0.15, 0.2) is 4.42 Å². The Balaban J connectivity index is 1.86. The van der Waals surface area contributed by atoms with E-state index in [0.717, 1.165) is 6.54 Å². The molecular formula is C10H18N4O. The first kappa shape index (κ1) is 10.3. The van der Waals surface area contributed by atoms with Gasteiger partial charge in [-0.05, 0) is 18.3 Å². The molecule has 1 aliphatic carbocycles. The van der Waals surface area contributed by atoms with Gasteiger partial charge in [0.1, 0.15) is 0 Å². The second-order valence-electron chi connectivity index (χ2n) is 4.67. The third-order valence-corrected chi connectivity index (χ3v) is 3.17. The zero-order valence-corrected chi connectivity index (χ0v) is 9.12. The number of hydrogen-bond acceptors (Lipinski definition) is 5. The molecule has 0 unspecified atom stereocenters. The lowest BCUT2D eigenvalue weighted by Gasteiger charge is -2.33. The molecular weight excluding hydrogens is 192 g/mol. The lowest BCUT2D eigenvalue weighted by Crippen LogP contribution is -2.28. The number of nitrogens with two attached hydrogens (primary N) is 1. The Bertz CT molecular complexity index is 317. The van der Waals surface area contributed by atoms with Crippen LogP contribution in [0.5, 0.6) is 0 Å². The van der Waals surface area contributed by atoms with E-state index in [1.807, 2.05) is 0 Å². The number of nitrogens with one attached hydrogen (secondary N) is 1. The van der Waals surface area contributed by atoms with E-state index in [0.29, 0.717) is 11.4 Å². The predicted octanol–water partition coefficient (Wildman–Crippen LogP) is 2.03. The first-order valence-corrected chi connectivity index (χ1v) is 5.51. The van der Waals surface area contributed by atoms with Gasteiger partial charge in [0.05, 0.1) is 0 Å². The van der Waals surface area contributed by atoms with Gasteiger partial charge in [-0.1, -0.05) is 36.4 Å². The molecule has 1 aliphatic rings. The predicted molar refractivity (Wildman–Crippen MR) is 58.4 cm³/mol. The molecule has 2 rings (SSSR count). The van der Waals surface area contributed by atoms with Gasteiger partial charge in [-0.25, -0.2) is 0 Å². The normalized spacial score (nSPS) is 20.1. The summed E-state index contributed by atoms with van der Waals surface area (Å²) in [6.45, 7) is 3.19. The van der Waals surface area contributed by atoms with Gasteiger partial charge in [0.15, 0.2) is 0 Å². The Kier molecular flexibility index (Phi) is 2.79. The molecule has 1 fully saturated rings. The third-order valence-electron chi connectivity index (χ3n) is 3.17. The molecule has 0 aromatic carbocycles. The highest BCUT2D eigenvalue weighted by molar-refractivity contribution is 5.22. The van der Waals surface area contributed by atoms with Crippen LogP contribution in [0.3, 0.4) is 0 Å². The smallest absolute Gasteiger partial charge is 0.316 e. The summed E-state index contributed by atoms with van der Waals surface area (Å²) < 4.78 is 5.06. The van der Waals surface area contributed by atoms with E-state index in [4.69, 9.17) is 10.2 Å². The molecule has 0 spiro atoms. The molecule has 0 radical (unpaired) electrons. The van der Waals surface area contributed by atoms with Gasteiger partial charge in [-0.2, -0.15) is 0 Å². The second kappa shape index (κ2) is 4.08. The molecule has 0 bridgehead atoms. The molecule has 0 saturated heterocycles. The van der Waals surface area contributed by atoms with Gasteiger partial charge < -0.3 is 15.5 Å². The highest BCUT2D eigenvalue weighted by atomic mass is 16.4. The van der Waals surface area contributed by atoms with Crippen LogP contribution >= 0.6 is 0 Å². The lowest BCUT2D eigenvalue weighted by molar-refractivity contribution is 0.232. The molecule has 0 amide bonds. The first-order chi connectivity index (χ1) is 7.18. The topological polar surface area (TPSA) is 77.0 Å². The number of hydrogen-bond donors (Lipinski definition) is 2. The van der Waals surface area contributed by atoms with Crippen LogP contribution in [-0.2, 0) is 0 Å². The molecule has 1 aromatic heterocycles. The monoisotopic (exact) mass is 210 g/mol. The van der Waals surface area contributed by atoms with Crippen molar-refractivity contribution < 1.29 is 4.42 Å². The van der Waals surface area contributed by atoms with Crippen LogP contribution in [0.4, 0.5) is 12.0 Å². The fourth-order valence-corrected chi connectivity index (χ4v) is 2.18. The zero-order valence-electron chi connectivity index (χ0n) is 9.12. The van der Waals surface area contributed by atoms with Crippen molar-refractivity contribution in [3.05, 3.63) is 0 Å². The minimum absolute atomic E-state index is 0.117. The zero-order chi connectivity index (χ0) is 10.7. The Morgan fingerprint density at radius 3 is 2.67 bits per heavy atom. The number of nitrogens with zero attached hydrogens (tertiary/aromatic N) is 2.